The summed E-state index contributed by atoms with van der Waals surface area (Å²) in [6, 6.07) is 1.76. The molecule has 0 fully saturated rings. The molecule has 1 N–H and O–H groups in total. The van der Waals surface area contributed by atoms with E-state index in [4.69, 9.17) is 5.11 Å². The van der Waals surface area contributed by atoms with E-state index in [1.54, 1.807) is 13.0 Å². The van der Waals surface area contributed by atoms with Crippen LogP contribution in [0.1, 0.15) is 16.7 Å². The van der Waals surface area contributed by atoms with Crippen molar-refractivity contribution >= 4 is 15.9 Å². The van der Waals surface area contributed by atoms with Crippen molar-refractivity contribution in [2.24, 2.45) is 0 Å². The van der Waals surface area contributed by atoms with E-state index in [-0.39, 0.29) is 12.4 Å². The van der Waals surface area contributed by atoms with Crippen LogP contribution in [-0.4, -0.2) is 11.7 Å². The minimum absolute atomic E-state index is 0.0202. The normalized spacial score (nSPS) is 10.5. The highest BCUT2D eigenvalue weighted by Crippen LogP contribution is 2.25. The number of halogens is 2. The lowest BCUT2D eigenvalue weighted by Crippen LogP contribution is -2.01. The lowest BCUT2D eigenvalue weighted by molar-refractivity contribution is 0.297. The average Bonchev–Trinajstić information content (AvgIpc) is 2.09. The Hall–Kier alpha value is -0.410. The van der Waals surface area contributed by atoms with Gasteiger partial charge in [0.1, 0.15) is 5.82 Å². The molecular formula is C10H12BrFO. The lowest BCUT2D eigenvalue weighted by atomic mass is 10.0. The molecule has 1 aromatic carbocycles. The van der Waals surface area contributed by atoms with Gasteiger partial charge in [-0.05, 0) is 43.0 Å². The number of aliphatic hydroxyl groups excluding tert-OH is 1. The van der Waals surface area contributed by atoms with Gasteiger partial charge in [0, 0.05) is 11.1 Å². The average molecular weight is 247 g/mol. The van der Waals surface area contributed by atoms with Crippen molar-refractivity contribution in [3.8, 4) is 0 Å². The molecule has 0 bridgehead atoms. The Morgan fingerprint density at radius 1 is 1.46 bits per heavy atom. The third-order valence-electron chi connectivity index (χ3n) is 2.13. The van der Waals surface area contributed by atoms with E-state index in [9.17, 15) is 4.39 Å². The molecule has 0 atom stereocenters. The van der Waals surface area contributed by atoms with Gasteiger partial charge < -0.3 is 5.11 Å². The molecule has 1 rings (SSSR count). The maximum atomic E-state index is 13.5. The van der Waals surface area contributed by atoms with Crippen molar-refractivity contribution in [2.45, 2.75) is 20.3 Å². The van der Waals surface area contributed by atoms with E-state index in [0.717, 1.165) is 10.0 Å². The Labute approximate surface area is 85.7 Å². The topological polar surface area (TPSA) is 20.2 Å². The zero-order chi connectivity index (χ0) is 10.0. The molecule has 0 saturated carbocycles. The third kappa shape index (κ3) is 2.09. The largest absolute Gasteiger partial charge is 0.396 e. The van der Waals surface area contributed by atoms with Crippen LogP contribution in [0.2, 0.25) is 0 Å². The van der Waals surface area contributed by atoms with E-state index in [1.165, 1.54) is 0 Å². The first-order valence-corrected chi connectivity index (χ1v) is 4.92. The Balaban J connectivity index is 3.28. The monoisotopic (exact) mass is 246 g/mol. The van der Waals surface area contributed by atoms with Crippen LogP contribution in [0.15, 0.2) is 10.5 Å². The molecule has 0 spiro atoms. The first kappa shape index (κ1) is 10.7. The summed E-state index contributed by atoms with van der Waals surface area (Å²) >= 11 is 3.35. The smallest absolute Gasteiger partial charge is 0.129 e. The third-order valence-corrected chi connectivity index (χ3v) is 2.95. The molecule has 1 aromatic rings. The summed E-state index contributed by atoms with van der Waals surface area (Å²) in [5.74, 6) is -0.199. The van der Waals surface area contributed by atoms with Gasteiger partial charge in [0.25, 0.3) is 0 Å². The maximum Gasteiger partial charge on any atom is 0.129 e. The van der Waals surface area contributed by atoms with Gasteiger partial charge in [-0.2, -0.15) is 0 Å². The number of rotatable bonds is 2. The summed E-state index contributed by atoms with van der Waals surface area (Å²) < 4.78 is 14.4. The maximum absolute atomic E-state index is 13.5. The molecule has 13 heavy (non-hydrogen) atoms. The van der Waals surface area contributed by atoms with Crippen LogP contribution >= 0.6 is 15.9 Å². The second-order valence-corrected chi connectivity index (χ2v) is 3.92. The van der Waals surface area contributed by atoms with Crippen molar-refractivity contribution in [3.05, 3.63) is 33.0 Å². The summed E-state index contributed by atoms with van der Waals surface area (Å²) in [4.78, 5) is 0. The number of hydrogen-bond donors (Lipinski definition) is 1. The molecule has 72 valence electrons. The van der Waals surface area contributed by atoms with Crippen LogP contribution < -0.4 is 0 Å². The highest BCUT2D eigenvalue weighted by atomic mass is 79.9. The molecular weight excluding hydrogens is 235 g/mol. The van der Waals surface area contributed by atoms with Crippen LogP contribution in [0.4, 0.5) is 4.39 Å². The zero-order valence-electron chi connectivity index (χ0n) is 7.69. The molecule has 0 heterocycles. The summed E-state index contributed by atoms with van der Waals surface area (Å²) in [6.07, 6.45) is 0.373. The molecule has 3 heteroatoms. The van der Waals surface area contributed by atoms with Crippen LogP contribution in [0.5, 0.6) is 0 Å². The summed E-state index contributed by atoms with van der Waals surface area (Å²) in [6.45, 7) is 3.55. The predicted molar refractivity (Wildman–Crippen MR) is 54.4 cm³/mol. The van der Waals surface area contributed by atoms with E-state index >= 15 is 0 Å². The Morgan fingerprint density at radius 3 is 2.62 bits per heavy atom. The lowest BCUT2D eigenvalue weighted by Gasteiger charge is -2.10. The Morgan fingerprint density at radius 2 is 2.08 bits per heavy atom. The molecule has 0 aliphatic rings. The summed E-state index contributed by atoms with van der Waals surface area (Å²) in [7, 11) is 0. The second-order valence-electron chi connectivity index (χ2n) is 3.07. The minimum atomic E-state index is -0.199. The summed E-state index contributed by atoms with van der Waals surface area (Å²) in [5.41, 5.74) is 2.09. The van der Waals surface area contributed by atoms with E-state index in [2.05, 4.69) is 15.9 Å². The number of aliphatic hydroxyl groups is 1. The first-order valence-electron chi connectivity index (χ1n) is 4.13. The van der Waals surface area contributed by atoms with Crippen molar-refractivity contribution in [3.63, 3.8) is 0 Å². The van der Waals surface area contributed by atoms with Crippen LogP contribution in [0, 0.1) is 19.7 Å². The van der Waals surface area contributed by atoms with Gasteiger partial charge in [-0.1, -0.05) is 15.9 Å². The van der Waals surface area contributed by atoms with Gasteiger partial charge in [0.15, 0.2) is 0 Å². The number of benzene rings is 1. The first-order chi connectivity index (χ1) is 6.07. The Bertz CT molecular complexity index is 297. The number of hydrogen-bond acceptors (Lipinski definition) is 1. The number of aryl methyl sites for hydroxylation is 1. The van der Waals surface area contributed by atoms with Gasteiger partial charge in [-0.3, -0.25) is 0 Å². The fraction of sp³-hybridized carbons (Fsp3) is 0.400. The van der Waals surface area contributed by atoms with Gasteiger partial charge >= 0.3 is 0 Å². The summed E-state index contributed by atoms with van der Waals surface area (Å²) in [5, 5.41) is 8.77. The standard InChI is InChI=1S/C10H12BrFO/c1-6-5-9(11)7(2)8(3-4-13)10(6)12/h5,13H,3-4H2,1-2H3. The molecule has 0 amide bonds. The molecule has 0 aliphatic heterocycles. The fourth-order valence-corrected chi connectivity index (χ4v) is 1.90. The van der Waals surface area contributed by atoms with E-state index in [1.807, 2.05) is 6.92 Å². The Kier molecular flexibility index (Phi) is 3.45. The van der Waals surface area contributed by atoms with E-state index < -0.39 is 0 Å². The fourth-order valence-electron chi connectivity index (χ4n) is 1.32. The molecule has 0 unspecified atom stereocenters. The minimum Gasteiger partial charge on any atom is -0.396 e. The van der Waals surface area contributed by atoms with Gasteiger partial charge in [-0.25, -0.2) is 4.39 Å². The van der Waals surface area contributed by atoms with Gasteiger partial charge in [-0.15, -0.1) is 0 Å². The molecule has 0 aromatic heterocycles. The molecule has 0 saturated heterocycles. The van der Waals surface area contributed by atoms with Crippen LogP contribution in [0.3, 0.4) is 0 Å². The highest BCUT2D eigenvalue weighted by molar-refractivity contribution is 9.10. The zero-order valence-corrected chi connectivity index (χ0v) is 9.28. The highest BCUT2D eigenvalue weighted by Gasteiger charge is 2.11. The van der Waals surface area contributed by atoms with Crippen molar-refractivity contribution < 1.29 is 9.50 Å². The SMILES string of the molecule is Cc1cc(Br)c(C)c(CCO)c1F. The molecule has 0 aliphatic carbocycles. The van der Waals surface area contributed by atoms with Crippen molar-refractivity contribution in [1.82, 2.24) is 0 Å². The van der Waals surface area contributed by atoms with Crippen LogP contribution in [-0.2, 0) is 6.42 Å². The van der Waals surface area contributed by atoms with Crippen molar-refractivity contribution in [1.29, 1.82) is 0 Å². The quantitative estimate of drug-likeness (QED) is 0.851. The van der Waals surface area contributed by atoms with Gasteiger partial charge in [0.2, 0.25) is 0 Å². The second kappa shape index (κ2) is 4.20. The molecule has 0 radical (unpaired) electrons. The van der Waals surface area contributed by atoms with Crippen LogP contribution in [0.25, 0.3) is 0 Å². The molecule has 1 nitrogen and oxygen atoms in total. The predicted octanol–water partition coefficient (Wildman–Crippen LogP) is 2.74. The van der Waals surface area contributed by atoms with Gasteiger partial charge in [0.05, 0.1) is 0 Å². The van der Waals surface area contributed by atoms with Crippen molar-refractivity contribution in [2.75, 3.05) is 6.61 Å². The van der Waals surface area contributed by atoms with E-state index in [0.29, 0.717) is 17.5 Å².